The van der Waals surface area contributed by atoms with Gasteiger partial charge in [-0.15, -0.1) is 12.6 Å². The van der Waals surface area contributed by atoms with Gasteiger partial charge in [0.25, 0.3) is 0 Å². The Kier molecular flexibility index (Phi) is 4.80. The third-order valence-corrected chi connectivity index (χ3v) is 5.36. The van der Waals surface area contributed by atoms with Gasteiger partial charge in [0.1, 0.15) is 0 Å². The average Bonchev–Trinajstić information content (AvgIpc) is 2.70. The molecule has 0 aromatic heterocycles. The van der Waals surface area contributed by atoms with E-state index in [1.54, 1.807) is 0 Å². The van der Waals surface area contributed by atoms with Crippen molar-refractivity contribution in [2.75, 3.05) is 18.0 Å². The first-order valence-corrected chi connectivity index (χ1v) is 9.51. The molecule has 0 spiro atoms. The van der Waals surface area contributed by atoms with Crippen molar-refractivity contribution in [3.8, 4) is 22.3 Å². The maximum atomic E-state index is 4.82. The topological polar surface area (TPSA) is 3.24 Å². The smallest absolute Gasteiger partial charge is 0.0453 e. The summed E-state index contributed by atoms with van der Waals surface area (Å²) >= 11 is 4.82. The molecule has 1 aliphatic rings. The monoisotopic (exact) mass is 345 g/mol. The first kappa shape index (κ1) is 16.3. The van der Waals surface area contributed by atoms with Gasteiger partial charge in [-0.1, -0.05) is 60.7 Å². The van der Waals surface area contributed by atoms with E-state index in [9.17, 15) is 0 Å². The van der Waals surface area contributed by atoms with Crippen LogP contribution in [0.5, 0.6) is 0 Å². The van der Waals surface area contributed by atoms with Gasteiger partial charge in [-0.3, -0.25) is 0 Å². The minimum absolute atomic E-state index is 1.03. The van der Waals surface area contributed by atoms with Crippen molar-refractivity contribution in [3.63, 3.8) is 0 Å². The third kappa shape index (κ3) is 3.32. The second-order valence-corrected chi connectivity index (χ2v) is 7.12. The number of anilines is 1. The molecule has 0 aliphatic carbocycles. The lowest BCUT2D eigenvalue weighted by atomic mass is 9.92. The molecule has 3 aromatic carbocycles. The number of nitrogens with zero attached hydrogens (tertiary/aromatic N) is 1. The van der Waals surface area contributed by atoms with Crippen molar-refractivity contribution in [1.29, 1.82) is 0 Å². The van der Waals surface area contributed by atoms with Gasteiger partial charge in [-0.25, -0.2) is 0 Å². The number of rotatable bonds is 3. The van der Waals surface area contributed by atoms with Crippen LogP contribution in [0.1, 0.15) is 19.3 Å². The van der Waals surface area contributed by atoms with E-state index in [0.29, 0.717) is 0 Å². The highest BCUT2D eigenvalue weighted by Gasteiger charge is 2.20. The summed E-state index contributed by atoms with van der Waals surface area (Å²) in [6.07, 6.45) is 3.89. The molecule has 0 atom stereocenters. The van der Waals surface area contributed by atoms with Crippen LogP contribution in [0.15, 0.2) is 77.7 Å². The lowest BCUT2D eigenvalue weighted by molar-refractivity contribution is 0.578. The molecule has 1 saturated heterocycles. The summed E-state index contributed by atoms with van der Waals surface area (Å²) in [7, 11) is 0. The summed E-state index contributed by atoms with van der Waals surface area (Å²) in [6.45, 7) is 2.28. The summed E-state index contributed by atoms with van der Waals surface area (Å²) in [4.78, 5) is 3.58. The number of hydrogen-bond acceptors (Lipinski definition) is 2. The molecule has 2 heteroatoms. The predicted octanol–water partition coefficient (Wildman–Crippen LogP) is 6.30. The predicted molar refractivity (Wildman–Crippen MR) is 111 cm³/mol. The van der Waals surface area contributed by atoms with Crippen LogP contribution in [0.4, 0.5) is 5.69 Å². The van der Waals surface area contributed by atoms with Crippen LogP contribution in [0.2, 0.25) is 0 Å². The van der Waals surface area contributed by atoms with Crippen molar-refractivity contribution in [2.45, 2.75) is 24.2 Å². The van der Waals surface area contributed by atoms with Crippen LogP contribution in [0.25, 0.3) is 22.3 Å². The summed E-state index contributed by atoms with van der Waals surface area (Å²) in [5, 5.41) is 0. The van der Waals surface area contributed by atoms with E-state index < -0.39 is 0 Å². The second-order valence-electron chi connectivity index (χ2n) is 6.63. The van der Waals surface area contributed by atoms with E-state index in [4.69, 9.17) is 12.6 Å². The van der Waals surface area contributed by atoms with Crippen LogP contribution in [0, 0.1) is 0 Å². The minimum Gasteiger partial charge on any atom is -0.371 e. The Morgan fingerprint density at radius 2 is 1.16 bits per heavy atom. The Hall–Kier alpha value is -2.19. The Morgan fingerprint density at radius 1 is 0.600 bits per heavy atom. The zero-order chi connectivity index (χ0) is 17.1. The van der Waals surface area contributed by atoms with Crippen LogP contribution in [-0.4, -0.2) is 13.1 Å². The van der Waals surface area contributed by atoms with Gasteiger partial charge >= 0.3 is 0 Å². The van der Waals surface area contributed by atoms with Crippen LogP contribution in [-0.2, 0) is 0 Å². The number of thiol groups is 1. The highest BCUT2D eigenvalue weighted by Crippen LogP contribution is 2.43. The molecule has 3 aromatic rings. The van der Waals surface area contributed by atoms with Gasteiger partial charge in [0.2, 0.25) is 0 Å². The Bertz CT molecular complexity index is 837. The standard InChI is InChI=1S/C23H23NS/c25-21-15-14-20(24-16-8-3-9-17-24)22(18-10-4-1-5-11-18)23(21)19-12-6-2-7-13-19/h1-2,4-7,10-15,25H,3,8-9,16-17H2. The van der Waals surface area contributed by atoms with E-state index in [1.807, 2.05) is 0 Å². The zero-order valence-electron chi connectivity index (χ0n) is 14.4. The summed E-state index contributed by atoms with van der Waals surface area (Å²) in [6, 6.07) is 25.8. The second kappa shape index (κ2) is 7.37. The first-order chi connectivity index (χ1) is 12.3. The molecule has 0 saturated carbocycles. The lowest BCUT2D eigenvalue weighted by Gasteiger charge is -2.32. The number of hydrogen-bond donors (Lipinski definition) is 1. The molecular weight excluding hydrogens is 322 g/mol. The number of piperidine rings is 1. The fourth-order valence-electron chi connectivity index (χ4n) is 3.77. The van der Waals surface area contributed by atoms with Gasteiger partial charge in [-0.2, -0.15) is 0 Å². The van der Waals surface area contributed by atoms with E-state index in [0.717, 1.165) is 18.0 Å². The molecule has 126 valence electrons. The van der Waals surface area contributed by atoms with Gasteiger partial charge in [0.15, 0.2) is 0 Å². The molecule has 1 heterocycles. The average molecular weight is 346 g/mol. The summed E-state index contributed by atoms with van der Waals surface area (Å²) in [5.41, 5.74) is 6.37. The molecule has 0 radical (unpaired) electrons. The van der Waals surface area contributed by atoms with Crippen LogP contribution >= 0.6 is 12.6 Å². The van der Waals surface area contributed by atoms with E-state index in [-0.39, 0.29) is 0 Å². The van der Waals surface area contributed by atoms with Crippen molar-refractivity contribution in [3.05, 3.63) is 72.8 Å². The first-order valence-electron chi connectivity index (χ1n) is 9.06. The molecule has 1 fully saturated rings. The maximum absolute atomic E-state index is 4.82. The van der Waals surface area contributed by atoms with E-state index >= 15 is 0 Å². The van der Waals surface area contributed by atoms with Crippen molar-refractivity contribution >= 4 is 18.3 Å². The van der Waals surface area contributed by atoms with Crippen molar-refractivity contribution < 1.29 is 0 Å². The SMILES string of the molecule is Sc1ccc(N2CCCCC2)c(-c2ccccc2)c1-c1ccccc1. The molecule has 0 N–H and O–H groups in total. The molecule has 4 rings (SSSR count). The Balaban J connectivity index is 1.96. The normalized spacial score (nSPS) is 14.5. The Morgan fingerprint density at radius 3 is 1.76 bits per heavy atom. The van der Waals surface area contributed by atoms with Gasteiger partial charge in [-0.05, 0) is 42.5 Å². The quantitative estimate of drug-likeness (QED) is 0.545. The minimum atomic E-state index is 1.03. The van der Waals surface area contributed by atoms with Crippen LogP contribution in [0.3, 0.4) is 0 Å². The molecule has 0 amide bonds. The molecule has 1 nitrogen and oxygen atoms in total. The van der Waals surface area contributed by atoms with Gasteiger partial charge in [0.05, 0.1) is 0 Å². The molecular formula is C23H23NS. The van der Waals surface area contributed by atoms with Crippen molar-refractivity contribution in [1.82, 2.24) is 0 Å². The number of benzene rings is 3. The fourth-order valence-corrected chi connectivity index (χ4v) is 4.09. The molecule has 25 heavy (non-hydrogen) atoms. The zero-order valence-corrected chi connectivity index (χ0v) is 15.3. The van der Waals surface area contributed by atoms with E-state index in [1.165, 1.54) is 47.2 Å². The van der Waals surface area contributed by atoms with E-state index in [2.05, 4.69) is 77.7 Å². The summed E-state index contributed by atoms with van der Waals surface area (Å²) in [5.74, 6) is 0. The summed E-state index contributed by atoms with van der Waals surface area (Å²) < 4.78 is 0. The van der Waals surface area contributed by atoms with Crippen molar-refractivity contribution in [2.24, 2.45) is 0 Å². The fraction of sp³-hybridized carbons (Fsp3) is 0.217. The third-order valence-electron chi connectivity index (χ3n) is 4.98. The highest BCUT2D eigenvalue weighted by molar-refractivity contribution is 7.80. The largest absolute Gasteiger partial charge is 0.371 e. The maximum Gasteiger partial charge on any atom is 0.0453 e. The molecule has 0 unspecified atom stereocenters. The highest BCUT2D eigenvalue weighted by atomic mass is 32.1. The van der Waals surface area contributed by atoms with Crippen LogP contribution < -0.4 is 4.90 Å². The van der Waals surface area contributed by atoms with Gasteiger partial charge in [0, 0.05) is 34.8 Å². The van der Waals surface area contributed by atoms with Gasteiger partial charge < -0.3 is 4.90 Å². The Labute approximate surface area is 155 Å². The molecule has 1 aliphatic heterocycles. The lowest BCUT2D eigenvalue weighted by Crippen LogP contribution is -2.29. The molecule has 0 bridgehead atoms.